The van der Waals surface area contributed by atoms with Gasteiger partial charge in [-0.1, -0.05) is 218 Å². The molecule has 2 aromatic heterocycles. The highest BCUT2D eigenvalue weighted by molar-refractivity contribution is 6.23. The molecule has 0 fully saturated rings. The topological polar surface area (TPSA) is 58.5 Å². The molecule has 0 radical (unpaired) electrons. The van der Waals surface area contributed by atoms with E-state index in [0.717, 1.165) is 160 Å². The van der Waals surface area contributed by atoms with Gasteiger partial charge in [-0.2, -0.15) is 0 Å². The molecule has 0 N–H and O–H groups in total. The van der Waals surface area contributed by atoms with Crippen molar-refractivity contribution in [3.8, 4) is 56.3 Å². The lowest BCUT2D eigenvalue weighted by molar-refractivity contribution is 0.623. The third kappa shape index (κ3) is 9.11. The molecule has 0 amide bonds. The van der Waals surface area contributed by atoms with E-state index in [4.69, 9.17) is 18.8 Å². The van der Waals surface area contributed by atoms with Gasteiger partial charge in [-0.3, -0.25) is 0 Å². The molecule has 0 unspecified atom stereocenters. The minimum absolute atomic E-state index is 0.573. The molecule has 0 spiro atoms. The number of para-hydroxylation sites is 1. The molecule has 0 saturated carbocycles. The molecule has 18 rings (SSSR count). The molecule has 16 aromatic carbocycles. The summed E-state index contributed by atoms with van der Waals surface area (Å²) in [5.74, 6) is 1.18. The number of oxazole rings is 2. The van der Waals surface area contributed by atoms with Crippen molar-refractivity contribution in [2.75, 3.05) is 9.80 Å². The lowest BCUT2D eigenvalue weighted by Gasteiger charge is -2.29. The normalized spacial score (nSPS) is 11.7. The number of aromatic nitrogens is 2. The highest BCUT2D eigenvalue weighted by Gasteiger charge is 2.24. The Kier molecular flexibility index (Phi) is 12.5. The quantitative estimate of drug-likeness (QED) is 0.120. The van der Waals surface area contributed by atoms with E-state index in [2.05, 4.69) is 289 Å². The van der Waals surface area contributed by atoms with Gasteiger partial charge in [0.15, 0.2) is 11.2 Å². The van der Waals surface area contributed by atoms with E-state index >= 15 is 0 Å². The first kappa shape index (κ1) is 52.7. The summed E-state index contributed by atoms with van der Waals surface area (Å²) < 4.78 is 13.8. The fourth-order valence-electron chi connectivity index (χ4n) is 13.7. The molecule has 92 heavy (non-hydrogen) atoms. The van der Waals surface area contributed by atoms with Crippen molar-refractivity contribution in [1.82, 2.24) is 9.97 Å². The predicted octanol–water partition coefficient (Wildman–Crippen LogP) is 24.2. The van der Waals surface area contributed by atoms with Gasteiger partial charge in [0.2, 0.25) is 11.8 Å². The van der Waals surface area contributed by atoms with Gasteiger partial charge in [0.05, 0.1) is 5.69 Å². The van der Waals surface area contributed by atoms with E-state index in [1.54, 1.807) is 0 Å². The Morgan fingerprint density at radius 2 is 0.696 bits per heavy atom. The summed E-state index contributed by atoms with van der Waals surface area (Å²) >= 11 is 0. The zero-order valence-corrected chi connectivity index (χ0v) is 49.8. The smallest absolute Gasteiger partial charge is 0.227 e. The summed E-state index contributed by atoms with van der Waals surface area (Å²) in [6.07, 6.45) is 0. The summed E-state index contributed by atoms with van der Waals surface area (Å²) in [6.45, 7) is 0. The largest absolute Gasteiger partial charge is 0.435 e. The van der Waals surface area contributed by atoms with Crippen molar-refractivity contribution in [2.45, 2.75) is 0 Å². The predicted molar refractivity (Wildman–Crippen MR) is 383 cm³/mol. The first-order chi connectivity index (χ1) is 45.6. The van der Waals surface area contributed by atoms with Crippen LogP contribution in [0.5, 0.6) is 0 Å². The van der Waals surface area contributed by atoms with Crippen molar-refractivity contribution in [3.05, 3.63) is 328 Å². The Balaban J connectivity index is 0.827. The average molecular weight is 1180 g/mol. The number of nitrogens with zero attached hydrogens (tertiary/aromatic N) is 4. The van der Waals surface area contributed by atoms with Crippen LogP contribution in [0.4, 0.5) is 34.1 Å². The zero-order chi connectivity index (χ0) is 60.6. The number of hydrogen-bond donors (Lipinski definition) is 0. The van der Waals surface area contributed by atoms with Crippen LogP contribution in [0.3, 0.4) is 0 Å². The Morgan fingerprint density at radius 1 is 0.228 bits per heavy atom. The molecular formula is C86H54N4O2. The Morgan fingerprint density at radius 3 is 1.37 bits per heavy atom. The van der Waals surface area contributed by atoms with Crippen LogP contribution in [-0.2, 0) is 0 Å². The maximum absolute atomic E-state index is 7.05. The van der Waals surface area contributed by atoms with Gasteiger partial charge < -0.3 is 18.6 Å². The molecule has 0 saturated heterocycles. The zero-order valence-electron chi connectivity index (χ0n) is 49.8. The van der Waals surface area contributed by atoms with Crippen LogP contribution in [0, 0.1) is 0 Å². The van der Waals surface area contributed by atoms with Crippen molar-refractivity contribution < 1.29 is 8.83 Å². The molecule has 0 bridgehead atoms. The van der Waals surface area contributed by atoms with Crippen LogP contribution in [0.1, 0.15) is 0 Å². The van der Waals surface area contributed by atoms with Crippen LogP contribution in [0.25, 0.3) is 143 Å². The molecule has 18 aromatic rings. The molecule has 0 aliphatic rings. The van der Waals surface area contributed by atoms with Gasteiger partial charge in [-0.05, 0) is 191 Å². The molecule has 2 heterocycles. The van der Waals surface area contributed by atoms with Gasteiger partial charge in [0.1, 0.15) is 11.0 Å². The summed E-state index contributed by atoms with van der Waals surface area (Å²) in [6, 6.07) is 117. The maximum atomic E-state index is 7.05. The molecule has 0 aliphatic carbocycles. The molecule has 6 heteroatoms. The molecule has 0 aliphatic heterocycles. The number of hydrogen-bond acceptors (Lipinski definition) is 6. The monoisotopic (exact) mass is 1170 g/mol. The van der Waals surface area contributed by atoms with Crippen molar-refractivity contribution >= 4 is 121 Å². The molecular weight excluding hydrogens is 1120 g/mol. The molecule has 6 nitrogen and oxygen atoms in total. The fourth-order valence-corrected chi connectivity index (χ4v) is 13.7. The molecule has 430 valence electrons. The highest BCUT2D eigenvalue weighted by Crippen LogP contribution is 2.48. The lowest BCUT2D eigenvalue weighted by Crippen LogP contribution is -2.11. The van der Waals surface area contributed by atoms with Crippen molar-refractivity contribution in [1.29, 1.82) is 0 Å². The van der Waals surface area contributed by atoms with Crippen LogP contribution >= 0.6 is 0 Å². The Hall–Kier alpha value is -12.4. The van der Waals surface area contributed by atoms with E-state index in [1.807, 2.05) is 48.5 Å². The second kappa shape index (κ2) is 21.7. The fraction of sp³-hybridized carbons (Fsp3) is 0. The maximum Gasteiger partial charge on any atom is 0.227 e. The minimum atomic E-state index is 0.573. The van der Waals surface area contributed by atoms with Gasteiger partial charge in [-0.15, -0.1) is 0 Å². The van der Waals surface area contributed by atoms with Gasteiger partial charge in [-0.25, -0.2) is 9.97 Å². The van der Waals surface area contributed by atoms with Crippen LogP contribution in [0.15, 0.2) is 336 Å². The Bertz CT molecular complexity index is 5890. The SMILES string of the molecule is c1ccc(-c2ccc(-c3ccccc3)c(N(c3ccccc3)c3ccc4ccc5c(-c6ccc7ccc(N(c8ccc9ccccc9c8)c8ccc9ccc%10ccc%11nc(-c%12ccccc%12)oc%11c%10c9c8)cc7c6)cc6nc(-c7ccccc7)oc6c5c4c3)c2)cc1. The van der Waals surface area contributed by atoms with E-state index in [0.29, 0.717) is 11.8 Å². The van der Waals surface area contributed by atoms with Crippen molar-refractivity contribution in [3.63, 3.8) is 0 Å². The van der Waals surface area contributed by atoms with E-state index < -0.39 is 0 Å². The van der Waals surface area contributed by atoms with Crippen LogP contribution in [-0.4, -0.2) is 9.97 Å². The number of anilines is 6. The standard InChI is InChI=1S/C86H54N4O2/c1-6-18-55(19-7-1)65-39-45-73(58-21-8-2-9-22-58)80(51-65)90(68-28-14-5-15-29-68)72-44-37-60-38-46-74-75(54-79-84(82(74)77(60)53-72)92-86(88-79)63-25-12-4-13-26-63)66-33-30-57-35-42-70(50-67(57)48-66)89(69-41-34-56-20-16-17-27-64(56)49-69)71-43-36-59-31-32-61-40-47-78-83(81(61)76(59)52-71)91-85(87-78)62-23-10-3-11-24-62/h1-54H. The van der Waals surface area contributed by atoms with E-state index in [-0.39, 0.29) is 0 Å². The number of benzene rings is 16. The second-order valence-electron chi connectivity index (χ2n) is 23.7. The third-order valence-corrected chi connectivity index (χ3v) is 18.2. The average Bonchev–Trinajstić information content (AvgIpc) is 1.38. The first-order valence-corrected chi connectivity index (χ1v) is 31.2. The number of rotatable bonds is 11. The highest BCUT2D eigenvalue weighted by atomic mass is 16.4. The van der Waals surface area contributed by atoms with Gasteiger partial charge >= 0.3 is 0 Å². The van der Waals surface area contributed by atoms with Gasteiger partial charge in [0, 0.05) is 55.9 Å². The first-order valence-electron chi connectivity index (χ1n) is 31.2. The van der Waals surface area contributed by atoms with Crippen LogP contribution in [0.2, 0.25) is 0 Å². The minimum Gasteiger partial charge on any atom is -0.435 e. The van der Waals surface area contributed by atoms with E-state index in [9.17, 15) is 0 Å². The summed E-state index contributed by atoms with van der Waals surface area (Å²) in [7, 11) is 0. The summed E-state index contributed by atoms with van der Waals surface area (Å²) in [5, 5.41) is 13.1. The second-order valence-corrected chi connectivity index (χ2v) is 23.7. The molecule has 0 atom stereocenters. The summed E-state index contributed by atoms with van der Waals surface area (Å²) in [4.78, 5) is 15.1. The summed E-state index contributed by atoms with van der Waals surface area (Å²) in [5.41, 5.74) is 17.9. The van der Waals surface area contributed by atoms with Gasteiger partial charge in [0.25, 0.3) is 0 Å². The van der Waals surface area contributed by atoms with E-state index in [1.165, 1.54) is 5.39 Å². The third-order valence-electron chi connectivity index (χ3n) is 18.2. The van der Waals surface area contributed by atoms with Crippen LogP contribution < -0.4 is 9.80 Å². The Labute approximate surface area is 530 Å². The van der Waals surface area contributed by atoms with Crippen molar-refractivity contribution in [2.24, 2.45) is 0 Å². The lowest BCUT2D eigenvalue weighted by atomic mass is 9.92. The number of fused-ring (bicyclic) bond motifs is 12.